The van der Waals surface area contributed by atoms with Crippen LogP contribution in [0, 0.1) is 13.8 Å². The predicted octanol–water partition coefficient (Wildman–Crippen LogP) is 3.62. The highest BCUT2D eigenvalue weighted by Crippen LogP contribution is 2.31. The van der Waals surface area contributed by atoms with Gasteiger partial charge in [0.2, 0.25) is 0 Å². The second-order valence-corrected chi connectivity index (χ2v) is 10.8. The van der Waals surface area contributed by atoms with Crippen LogP contribution in [0.2, 0.25) is 0 Å². The molecule has 2 fully saturated rings. The third-order valence-corrected chi connectivity index (χ3v) is 8.04. The normalized spacial score (nSPS) is 18.9. The van der Waals surface area contributed by atoms with Gasteiger partial charge in [-0.25, -0.2) is 4.68 Å². The van der Waals surface area contributed by atoms with Crippen molar-refractivity contribution >= 4 is 16.6 Å². The van der Waals surface area contributed by atoms with Crippen molar-refractivity contribution in [3.63, 3.8) is 0 Å². The minimum atomic E-state index is -0.402. The van der Waals surface area contributed by atoms with E-state index in [-0.39, 0.29) is 11.7 Å². The van der Waals surface area contributed by atoms with E-state index in [1.165, 1.54) is 16.8 Å². The summed E-state index contributed by atoms with van der Waals surface area (Å²) < 4.78 is 13.5. The summed E-state index contributed by atoms with van der Waals surface area (Å²) in [5, 5.41) is 13.8. The number of ether oxygens (including phenoxy) is 2. The smallest absolute Gasteiger partial charge is 0.253 e. The van der Waals surface area contributed by atoms with Crippen molar-refractivity contribution in [1.29, 1.82) is 0 Å². The quantitative estimate of drug-likeness (QED) is 0.360. The Bertz CT molecular complexity index is 1530. The average Bonchev–Trinajstić information content (AvgIpc) is 3.64. The number of H-pyrrole nitrogens is 1. The van der Waals surface area contributed by atoms with Crippen molar-refractivity contribution in [2.45, 2.75) is 52.3 Å². The van der Waals surface area contributed by atoms with Gasteiger partial charge in [-0.05, 0) is 85.5 Å². The number of fused-ring (bicyclic) bond motifs is 1. The molecule has 10 nitrogen and oxygen atoms in total. The lowest BCUT2D eigenvalue weighted by molar-refractivity contribution is 0.0906. The maximum atomic E-state index is 13.6. The maximum Gasteiger partial charge on any atom is 0.253 e. The van der Waals surface area contributed by atoms with E-state index in [9.17, 15) is 4.79 Å². The number of aromatic nitrogens is 5. The summed E-state index contributed by atoms with van der Waals surface area (Å²) in [4.78, 5) is 21.5. The minimum Gasteiger partial charge on any atom is -0.494 e. The van der Waals surface area contributed by atoms with Crippen LogP contribution in [0.25, 0.3) is 10.9 Å². The van der Waals surface area contributed by atoms with Crippen LogP contribution in [0.5, 0.6) is 5.75 Å². The van der Waals surface area contributed by atoms with Gasteiger partial charge in [0, 0.05) is 54.9 Å². The van der Waals surface area contributed by atoms with Crippen molar-refractivity contribution < 1.29 is 9.47 Å². The molecular weight excluding hydrogens is 506 g/mol. The van der Waals surface area contributed by atoms with Crippen molar-refractivity contribution in [2.24, 2.45) is 0 Å². The molecule has 10 heteroatoms. The topological polar surface area (TPSA) is 101 Å². The SMILES string of the molecule is CCOc1ccc2[nH]c(=O)c([C@@H](c3nnnn3C[C@@H]3CCCO3)N3CCN(c4cc(C)ccc4C)CC3)cc2c1. The van der Waals surface area contributed by atoms with Gasteiger partial charge in [-0.1, -0.05) is 12.1 Å². The Morgan fingerprint density at radius 2 is 1.95 bits per heavy atom. The highest BCUT2D eigenvalue weighted by Gasteiger charge is 2.34. The Balaban J connectivity index is 1.37. The second kappa shape index (κ2) is 11.4. The highest BCUT2D eigenvalue weighted by atomic mass is 16.5. The second-order valence-electron chi connectivity index (χ2n) is 10.8. The van der Waals surface area contributed by atoms with Crippen molar-refractivity contribution in [1.82, 2.24) is 30.1 Å². The monoisotopic (exact) mass is 543 g/mol. The van der Waals surface area contributed by atoms with Crippen molar-refractivity contribution in [2.75, 3.05) is 44.3 Å². The number of rotatable bonds is 8. The molecule has 1 N–H and O–H groups in total. The van der Waals surface area contributed by atoms with Crippen molar-refractivity contribution in [3.05, 3.63) is 75.3 Å². The third-order valence-electron chi connectivity index (χ3n) is 8.04. The van der Waals surface area contributed by atoms with E-state index in [0.717, 1.165) is 62.3 Å². The molecule has 0 unspecified atom stereocenters. The number of nitrogens with zero attached hydrogens (tertiary/aromatic N) is 6. The summed E-state index contributed by atoms with van der Waals surface area (Å²) in [5.74, 6) is 1.44. The summed E-state index contributed by atoms with van der Waals surface area (Å²) >= 11 is 0. The molecule has 0 spiro atoms. The standard InChI is InChI=1S/C30H37N7O3/c1-4-39-23-9-10-26-22(17-23)18-25(30(38)31-26)28(29-32-33-34-37(29)19-24-6-5-15-40-24)36-13-11-35(12-14-36)27-16-20(2)7-8-21(27)3/h7-10,16-18,24,28H,4-6,11-15,19H2,1-3H3,(H,31,38)/t24-,28-/m0/s1. The van der Waals surface area contributed by atoms with Gasteiger partial charge in [0.1, 0.15) is 11.8 Å². The van der Waals surface area contributed by atoms with E-state index in [0.29, 0.717) is 24.5 Å². The van der Waals surface area contributed by atoms with E-state index in [4.69, 9.17) is 9.47 Å². The molecule has 0 radical (unpaired) electrons. The Morgan fingerprint density at radius 1 is 1.10 bits per heavy atom. The number of piperazine rings is 1. The molecule has 40 heavy (non-hydrogen) atoms. The van der Waals surface area contributed by atoms with Crippen LogP contribution < -0.4 is 15.2 Å². The first-order valence-electron chi connectivity index (χ1n) is 14.2. The summed E-state index contributed by atoms with van der Waals surface area (Å²) in [5.41, 5.74) is 5.06. The molecule has 2 saturated heterocycles. The van der Waals surface area contributed by atoms with Gasteiger partial charge >= 0.3 is 0 Å². The fourth-order valence-electron chi connectivity index (χ4n) is 5.96. The number of aryl methyl sites for hydroxylation is 2. The van der Waals surface area contributed by atoms with E-state index in [2.05, 4.69) is 62.4 Å². The number of tetrazole rings is 1. The van der Waals surface area contributed by atoms with Crippen LogP contribution >= 0.6 is 0 Å². The van der Waals surface area contributed by atoms with Crippen LogP contribution in [-0.2, 0) is 11.3 Å². The zero-order chi connectivity index (χ0) is 27.6. The molecule has 0 aliphatic carbocycles. The first-order valence-corrected chi connectivity index (χ1v) is 14.2. The molecule has 4 heterocycles. The summed E-state index contributed by atoms with van der Waals surface area (Å²) in [6.07, 6.45) is 2.10. The number of hydrogen-bond acceptors (Lipinski definition) is 8. The lowest BCUT2D eigenvalue weighted by Crippen LogP contribution is -2.49. The van der Waals surface area contributed by atoms with E-state index in [1.54, 1.807) is 0 Å². The largest absolute Gasteiger partial charge is 0.494 e. The molecule has 6 rings (SSSR count). The third kappa shape index (κ3) is 5.33. The number of aromatic amines is 1. The first kappa shape index (κ1) is 26.5. The molecular formula is C30H37N7O3. The van der Waals surface area contributed by atoms with Gasteiger partial charge in [-0.2, -0.15) is 0 Å². The van der Waals surface area contributed by atoms with Gasteiger partial charge in [-0.15, -0.1) is 5.10 Å². The van der Waals surface area contributed by atoms with Crippen LogP contribution in [0.3, 0.4) is 0 Å². The molecule has 0 amide bonds. The highest BCUT2D eigenvalue weighted by molar-refractivity contribution is 5.80. The number of benzene rings is 2. The van der Waals surface area contributed by atoms with Crippen LogP contribution in [0.1, 0.15) is 48.3 Å². The Labute approximate surface area is 233 Å². The number of anilines is 1. The van der Waals surface area contributed by atoms with Gasteiger partial charge in [0.15, 0.2) is 5.82 Å². The van der Waals surface area contributed by atoms with E-state index >= 15 is 0 Å². The fraction of sp³-hybridized carbons (Fsp3) is 0.467. The van der Waals surface area contributed by atoms with Gasteiger partial charge in [0.05, 0.1) is 19.3 Å². The first-order chi connectivity index (χ1) is 19.5. The van der Waals surface area contributed by atoms with Gasteiger partial charge in [0.25, 0.3) is 5.56 Å². The molecule has 2 aromatic carbocycles. The molecule has 2 atom stereocenters. The summed E-state index contributed by atoms with van der Waals surface area (Å²) in [7, 11) is 0. The van der Waals surface area contributed by atoms with Crippen LogP contribution in [-0.4, -0.2) is 75.6 Å². The summed E-state index contributed by atoms with van der Waals surface area (Å²) in [6.45, 7) is 11.4. The fourth-order valence-corrected chi connectivity index (χ4v) is 5.96. The Kier molecular flexibility index (Phi) is 7.53. The molecule has 4 aromatic rings. The van der Waals surface area contributed by atoms with Crippen LogP contribution in [0.15, 0.2) is 47.3 Å². The zero-order valence-electron chi connectivity index (χ0n) is 23.5. The molecule has 2 aromatic heterocycles. The average molecular weight is 544 g/mol. The minimum absolute atomic E-state index is 0.0766. The molecule has 0 bridgehead atoms. The van der Waals surface area contributed by atoms with Crippen LogP contribution in [0.4, 0.5) is 5.69 Å². The predicted molar refractivity (Wildman–Crippen MR) is 154 cm³/mol. The lowest BCUT2D eigenvalue weighted by atomic mass is 10.0. The lowest BCUT2D eigenvalue weighted by Gasteiger charge is -2.40. The van der Waals surface area contributed by atoms with Gasteiger partial charge < -0.3 is 19.4 Å². The van der Waals surface area contributed by atoms with E-state index < -0.39 is 6.04 Å². The van der Waals surface area contributed by atoms with Gasteiger partial charge in [-0.3, -0.25) is 9.69 Å². The number of hydrogen-bond donors (Lipinski definition) is 1. The molecule has 210 valence electrons. The Morgan fingerprint density at radius 3 is 2.73 bits per heavy atom. The maximum absolute atomic E-state index is 13.6. The molecule has 2 aliphatic rings. The Hall–Kier alpha value is -3.76. The number of nitrogens with one attached hydrogen (secondary N) is 1. The zero-order valence-corrected chi connectivity index (χ0v) is 23.5. The molecule has 2 aliphatic heterocycles. The molecule has 0 saturated carbocycles. The van der Waals surface area contributed by atoms with E-state index in [1.807, 2.05) is 35.9 Å². The summed E-state index contributed by atoms with van der Waals surface area (Å²) in [6, 6.07) is 13.9. The number of pyridine rings is 1. The van der Waals surface area contributed by atoms with Crippen molar-refractivity contribution in [3.8, 4) is 5.75 Å².